The van der Waals surface area contributed by atoms with Gasteiger partial charge in [0.1, 0.15) is 0 Å². The summed E-state index contributed by atoms with van der Waals surface area (Å²) in [5, 5.41) is 0. The Morgan fingerprint density at radius 2 is 2.27 bits per heavy atom. The van der Waals surface area contributed by atoms with Gasteiger partial charge in [0.05, 0.1) is 18.6 Å². The number of rotatable bonds is 6. The molecule has 0 bridgehead atoms. The Labute approximate surface area is 133 Å². The van der Waals surface area contributed by atoms with Crippen LogP contribution in [-0.4, -0.2) is 51.2 Å². The molecule has 0 spiro atoms. The molecule has 122 valence electrons. The van der Waals surface area contributed by atoms with Gasteiger partial charge in [0.15, 0.2) is 0 Å². The molecule has 2 atom stereocenters. The van der Waals surface area contributed by atoms with Gasteiger partial charge < -0.3 is 20.3 Å². The van der Waals surface area contributed by atoms with Crippen LogP contribution in [0.2, 0.25) is 0 Å². The topological polar surface area (TPSA) is 58.8 Å². The molecule has 0 radical (unpaired) electrons. The van der Waals surface area contributed by atoms with Gasteiger partial charge >= 0.3 is 0 Å². The summed E-state index contributed by atoms with van der Waals surface area (Å²) >= 11 is 0. The number of hydrogen-bond acceptors (Lipinski definition) is 4. The molecule has 0 aromatic heterocycles. The molecule has 1 saturated heterocycles. The van der Waals surface area contributed by atoms with Gasteiger partial charge in [-0.1, -0.05) is 12.1 Å². The largest absolute Gasteiger partial charge is 0.380 e. The van der Waals surface area contributed by atoms with Crippen LogP contribution >= 0.6 is 0 Å². The summed E-state index contributed by atoms with van der Waals surface area (Å²) < 4.78 is 5.24. The normalized spacial score (nSPS) is 19.3. The molecule has 22 heavy (non-hydrogen) atoms. The lowest BCUT2D eigenvalue weighted by Crippen LogP contribution is -2.35. The van der Waals surface area contributed by atoms with Crippen molar-refractivity contribution in [1.82, 2.24) is 4.90 Å². The zero-order valence-corrected chi connectivity index (χ0v) is 13.8. The van der Waals surface area contributed by atoms with E-state index in [2.05, 4.69) is 29.2 Å². The van der Waals surface area contributed by atoms with E-state index in [-0.39, 0.29) is 18.1 Å². The highest BCUT2D eigenvalue weighted by atomic mass is 16.5. The molecule has 1 fully saturated rings. The third kappa shape index (κ3) is 3.78. The van der Waals surface area contributed by atoms with Crippen molar-refractivity contribution >= 4 is 11.6 Å². The zero-order chi connectivity index (χ0) is 16.1. The van der Waals surface area contributed by atoms with Crippen molar-refractivity contribution in [3.8, 4) is 0 Å². The van der Waals surface area contributed by atoms with Crippen molar-refractivity contribution in [2.24, 2.45) is 5.73 Å². The van der Waals surface area contributed by atoms with E-state index in [1.54, 1.807) is 7.11 Å². The van der Waals surface area contributed by atoms with E-state index in [1.165, 1.54) is 5.56 Å². The zero-order valence-electron chi connectivity index (χ0n) is 13.8. The van der Waals surface area contributed by atoms with Crippen LogP contribution in [0.4, 0.5) is 5.69 Å². The molecule has 2 rings (SSSR count). The Morgan fingerprint density at radius 3 is 2.91 bits per heavy atom. The number of nitrogens with zero attached hydrogens (tertiary/aromatic N) is 2. The molecule has 0 aliphatic carbocycles. The fourth-order valence-electron chi connectivity index (χ4n) is 3.00. The molecule has 2 N–H and O–H groups in total. The van der Waals surface area contributed by atoms with Gasteiger partial charge in [0.25, 0.3) is 0 Å². The van der Waals surface area contributed by atoms with Crippen LogP contribution < -0.4 is 10.6 Å². The van der Waals surface area contributed by atoms with Gasteiger partial charge in [-0.05, 0) is 30.5 Å². The van der Waals surface area contributed by atoms with E-state index in [4.69, 9.17) is 10.5 Å². The molecule has 5 heteroatoms. The minimum atomic E-state index is -0.193. The number of ether oxygens (including phenoxy) is 1. The number of carbonyl (C=O) groups is 1. The number of benzene rings is 1. The summed E-state index contributed by atoms with van der Waals surface area (Å²) in [7, 11) is 5.66. The number of carbonyl (C=O) groups excluding carboxylic acids is 1. The van der Waals surface area contributed by atoms with Crippen molar-refractivity contribution in [2.45, 2.75) is 31.4 Å². The number of nitrogens with two attached hydrogens (primary N) is 1. The summed E-state index contributed by atoms with van der Waals surface area (Å²) in [4.78, 5) is 16.6. The Morgan fingerprint density at radius 1 is 1.50 bits per heavy atom. The molecule has 5 nitrogen and oxygen atoms in total. The fourth-order valence-corrected chi connectivity index (χ4v) is 3.00. The molecule has 1 aromatic rings. The molecule has 1 amide bonds. The summed E-state index contributed by atoms with van der Waals surface area (Å²) in [5.41, 5.74) is 8.00. The summed E-state index contributed by atoms with van der Waals surface area (Å²) in [6, 6.07) is 8.60. The maximum absolute atomic E-state index is 12.6. The molecule has 1 aromatic carbocycles. The van der Waals surface area contributed by atoms with Crippen LogP contribution in [-0.2, 0) is 9.53 Å². The van der Waals surface area contributed by atoms with Gasteiger partial charge in [-0.3, -0.25) is 4.79 Å². The monoisotopic (exact) mass is 305 g/mol. The molecule has 1 heterocycles. The van der Waals surface area contributed by atoms with Crippen molar-refractivity contribution < 1.29 is 9.53 Å². The first-order chi connectivity index (χ1) is 10.6. The van der Waals surface area contributed by atoms with E-state index < -0.39 is 0 Å². The van der Waals surface area contributed by atoms with E-state index in [1.807, 2.05) is 19.0 Å². The first kappa shape index (κ1) is 16.8. The van der Waals surface area contributed by atoms with Crippen molar-refractivity contribution in [3.63, 3.8) is 0 Å². The fraction of sp³-hybridized carbons (Fsp3) is 0.588. The van der Waals surface area contributed by atoms with Crippen LogP contribution in [0, 0.1) is 0 Å². The number of amides is 1. The average molecular weight is 305 g/mol. The lowest BCUT2D eigenvalue weighted by molar-refractivity contribution is -0.134. The summed E-state index contributed by atoms with van der Waals surface area (Å²) in [6.07, 6.45) is 2.23. The predicted molar refractivity (Wildman–Crippen MR) is 88.9 cm³/mol. The number of likely N-dealkylation sites (tertiary alicyclic amines) is 1. The summed E-state index contributed by atoms with van der Waals surface area (Å²) in [6.45, 7) is 1.19. The molecular weight excluding hydrogens is 278 g/mol. The van der Waals surface area contributed by atoms with E-state index in [0.29, 0.717) is 13.0 Å². The Balaban J connectivity index is 2.13. The number of methoxy groups -OCH3 is 1. The van der Waals surface area contributed by atoms with Crippen LogP contribution in [0.15, 0.2) is 24.3 Å². The third-order valence-electron chi connectivity index (χ3n) is 4.34. The highest BCUT2D eigenvalue weighted by Crippen LogP contribution is 2.34. The Kier molecular flexibility index (Phi) is 5.80. The maximum Gasteiger partial charge on any atom is 0.225 e. The molecule has 1 aliphatic rings. The molecular formula is C17H27N3O2. The van der Waals surface area contributed by atoms with E-state index >= 15 is 0 Å². The molecule has 1 aliphatic heterocycles. The lowest BCUT2D eigenvalue weighted by atomic mass is 10.0. The Hall–Kier alpha value is -1.59. The van der Waals surface area contributed by atoms with Gasteiger partial charge in [0, 0.05) is 40.0 Å². The summed E-state index contributed by atoms with van der Waals surface area (Å²) in [5.74, 6) is 0.134. The standard InChI is InChI=1S/C17H27N3O2/c1-19(2)14-7-4-6-13(10-14)16-8-5-9-20(16)17(21)11-15(12-18)22-3/h4,6-7,10,15-16H,5,8-9,11-12,18H2,1-3H3. The van der Waals surface area contributed by atoms with E-state index in [9.17, 15) is 4.79 Å². The highest BCUT2D eigenvalue weighted by molar-refractivity contribution is 5.77. The van der Waals surface area contributed by atoms with Gasteiger partial charge in [-0.25, -0.2) is 0 Å². The first-order valence-corrected chi connectivity index (χ1v) is 7.86. The van der Waals surface area contributed by atoms with Crippen molar-refractivity contribution in [3.05, 3.63) is 29.8 Å². The minimum Gasteiger partial charge on any atom is -0.380 e. The van der Waals surface area contributed by atoms with Crippen molar-refractivity contribution in [1.29, 1.82) is 0 Å². The van der Waals surface area contributed by atoms with Crippen LogP contribution in [0.3, 0.4) is 0 Å². The predicted octanol–water partition coefficient (Wildman–Crippen LogP) is 1.78. The first-order valence-electron chi connectivity index (χ1n) is 7.86. The third-order valence-corrected chi connectivity index (χ3v) is 4.34. The SMILES string of the molecule is COC(CN)CC(=O)N1CCCC1c1cccc(N(C)C)c1. The second-order valence-electron chi connectivity index (χ2n) is 6.03. The smallest absolute Gasteiger partial charge is 0.225 e. The van der Waals surface area contributed by atoms with Crippen LogP contribution in [0.5, 0.6) is 0 Å². The van der Waals surface area contributed by atoms with Gasteiger partial charge in [0.2, 0.25) is 5.91 Å². The average Bonchev–Trinajstić information content (AvgIpc) is 3.02. The quantitative estimate of drug-likeness (QED) is 0.870. The number of anilines is 1. The van der Waals surface area contributed by atoms with Gasteiger partial charge in [-0.2, -0.15) is 0 Å². The molecule has 2 unspecified atom stereocenters. The van der Waals surface area contributed by atoms with Crippen LogP contribution in [0.1, 0.15) is 30.9 Å². The van der Waals surface area contributed by atoms with E-state index in [0.717, 1.165) is 25.1 Å². The lowest BCUT2D eigenvalue weighted by Gasteiger charge is -2.27. The second-order valence-corrected chi connectivity index (χ2v) is 6.03. The highest BCUT2D eigenvalue weighted by Gasteiger charge is 2.31. The van der Waals surface area contributed by atoms with Crippen LogP contribution in [0.25, 0.3) is 0 Å². The number of hydrogen-bond donors (Lipinski definition) is 1. The minimum absolute atomic E-state index is 0.134. The Bertz CT molecular complexity index is 500. The maximum atomic E-state index is 12.6. The van der Waals surface area contributed by atoms with Gasteiger partial charge in [-0.15, -0.1) is 0 Å². The van der Waals surface area contributed by atoms with Crippen molar-refractivity contribution in [2.75, 3.05) is 39.2 Å². The molecule has 0 saturated carbocycles. The second kappa shape index (κ2) is 7.61.